The largest absolute Gasteiger partial charge is 0.466 e. The van der Waals surface area contributed by atoms with Crippen molar-refractivity contribution in [1.82, 2.24) is 4.90 Å². The molecular weight excluding hydrogens is 350 g/mol. The molecule has 6 nitrogen and oxygen atoms in total. The van der Waals surface area contributed by atoms with Crippen molar-refractivity contribution in [3.8, 4) is 0 Å². The summed E-state index contributed by atoms with van der Waals surface area (Å²) in [4.78, 5) is 33.2. The number of nitrogens with zero attached hydrogens (tertiary/aromatic N) is 3. The van der Waals surface area contributed by atoms with Gasteiger partial charge in [0.2, 0.25) is 5.91 Å². The minimum absolute atomic E-state index is 0.0412. The molecule has 1 atom stereocenters. The van der Waals surface area contributed by atoms with Crippen LogP contribution in [0.25, 0.3) is 0 Å². The number of carbonyl (C=O) groups is 2. The highest BCUT2D eigenvalue weighted by molar-refractivity contribution is 8.15. The Morgan fingerprint density at radius 1 is 1.31 bits per heavy atom. The molecule has 1 fully saturated rings. The molecule has 0 radical (unpaired) electrons. The van der Waals surface area contributed by atoms with E-state index >= 15 is 0 Å². The van der Waals surface area contributed by atoms with Crippen LogP contribution < -0.4 is 4.90 Å². The zero-order chi connectivity index (χ0) is 18.8. The molecule has 1 aromatic carbocycles. The lowest BCUT2D eigenvalue weighted by Gasteiger charge is -2.33. The number of thioether (sulfide) groups is 1. The Morgan fingerprint density at radius 2 is 1.96 bits per heavy atom. The molecule has 2 aliphatic rings. The van der Waals surface area contributed by atoms with Gasteiger partial charge in [-0.3, -0.25) is 9.69 Å². The van der Waals surface area contributed by atoms with E-state index in [1.165, 1.54) is 18.9 Å². The summed E-state index contributed by atoms with van der Waals surface area (Å²) in [5.74, 6) is -0.150. The molecule has 0 spiro atoms. The SMILES string of the molecule is CCN(CC)c1ccc([C@@H]2C(C(=O)OC)=C(C)N=C3SCC(=O)N32)cc1. The third-order valence-electron chi connectivity index (χ3n) is 4.73. The van der Waals surface area contributed by atoms with Crippen molar-refractivity contribution < 1.29 is 14.3 Å². The molecule has 1 amide bonds. The molecule has 0 bridgehead atoms. The number of rotatable bonds is 5. The number of methoxy groups -OCH3 is 1. The average Bonchev–Trinajstić information content (AvgIpc) is 3.02. The molecule has 2 heterocycles. The first-order chi connectivity index (χ1) is 12.5. The number of ether oxygens (including phenoxy) is 1. The monoisotopic (exact) mass is 373 g/mol. The van der Waals surface area contributed by atoms with E-state index in [2.05, 4.69) is 23.7 Å². The topological polar surface area (TPSA) is 62.2 Å². The fourth-order valence-corrected chi connectivity index (χ4v) is 4.32. The van der Waals surface area contributed by atoms with E-state index in [0.717, 1.165) is 24.3 Å². The van der Waals surface area contributed by atoms with E-state index in [1.807, 2.05) is 24.3 Å². The van der Waals surface area contributed by atoms with Gasteiger partial charge in [0, 0.05) is 18.8 Å². The highest BCUT2D eigenvalue weighted by Gasteiger charge is 2.43. The molecular formula is C19H23N3O3S. The van der Waals surface area contributed by atoms with Crippen LogP contribution in [0.5, 0.6) is 0 Å². The third kappa shape index (κ3) is 3.11. The summed E-state index contributed by atoms with van der Waals surface area (Å²) >= 11 is 1.41. The number of amides is 1. The smallest absolute Gasteiger partial charge is 0.338 e. The second kappa shape index (κ2) is 7.53. The fraction of sp³-hybridized carbons (Fsp3) is 0.421. The van der Waals surface area contributed by atoms with Crippen molar-refractivity contribution in [2.75, 3.05) is 30.9 Å². The van der Waals surface area contributed by atoms with Crippen LogP contribution in [0, 0.1) is 0 Å². The highest BCUT2D eigenvalue weighted by atomic mass is 32.2. The summed E-state index contributed by atoms with van der Waals surface area (Å²) in [6, 6.07) is 7.53. The summed E-state index contributed by atoms with van der Waals surface area (Å²) in [7, 11) is 1.35. The quantitative estimate of drug-likeness (QED) is 0.743. The van der Waals surface area contributed by atoms with Gasteiger partial charge in [-0.25, -0.2) is 9.79 Å². The van der Waals surface area contributed by atoms with Crippen LogP contribution >= 0.6 is 11.8 Å². The maximum atomic E-state index is 12.5. The van der Waals surface area contributed by atoms with Gasteiger partial charge in [0.25, 0.3) is 0 Å². The standard InChI is InChI=1S/C19H23N3O3S/c1-5-21(6-2)14-9-7-13(8-10-14)17-16(18(24)25-4)12(3)20-19-22(17)15(23)11-26-19/h7-10,17H,5-6,11H2,1-4H3/t17-/m1/s1. The van der Waals surface area contributed by atoms with Crippen LogP contribution in [0.15, 0.2) is 40.5 Å². The molecule has 1 saturated heterocycles. The van der Waals surface area contributed by atoms with E-state index in [9.17, 15) is 9.59 Å². The summed E-state index contributed by atoms with van der Waals surface area (Å²) in [6.45, 7) is 7.86. The van der Waals surface area contributed by atoms with Gasteiger partial charge in [-0.15, -0.1) is 0 Å². The molecule has 0 unspecified atom stereocenters. The highest BCUT2D eigenvalue weighted by Crippen LogP contribution is 2.41. The lowest BCUT2D eigenvalue weighted by atomic mass is 9.94. The predicted molar refractivity (Wildman–Crippen MR) is 104 cm³/mol. The Kier molecular flexibility index (Phi) is 5.36. The predicted octanol–water partition coefficient (Wildman–Crippen LogP) is 2.97. The number of allylic oxidation sites excluding steroid dienone is 1. The molecule has 0 saturated carbocycles. The van der Waals surface area contributed by atoms with Crippen LogP contribution in [0.4, 0.5) is 5.69 Å². The van der Waals surface area contributed by atoms with E-state index in [-0.39, 0.29) is 5.91 Å². The van der Waals surface area contributed by atoms with Crippen LogP contribution in [-0.4, -0.2) is 47.9 Å². The summed E-state index contributed by atoms with van der Waals surface area (Å²) in [5.41, 5.74) is 3.01. The van der Waals surface area contributed by atoms with Gasteiger partial charge in [-0.1, -0.05) is 23.9 Å². The first-order valence-electron chi connectivity index (χ1n) is 8.69. The zero-order valence-corrected chi connectivity index (χ0v) is 16.3. The number of hydrogen-bond donors (Lipinski definition) is 0. The number of hydrogen-bond acceptors (Lipinski definition) is 6. The zero-order valence-electron chi connectivity index (χ0n) is 15.5. The van der Waals surface area contributed by atoms with E-state index in [1.54, 1.807) is 11.8 Å². The number of benzene rings is 1. The van der Waals surface area contributed by atoms with Gasteiger partial charge in [-0.05, 0) is 38.5 Å². The number of aliphatic imine (C=N–C) groups is 1. The molecule has 2 aliphatic heterocycles. The van der Waals surface area contributed by atoms with E-state index in [4.69, 9.17) is 4.74 Å². The lowest BCUT2D eigenvalue weighted by Crippen LogP contribution is -2.39. The number of carbonyl (C=O) groups excluding carboxylic acids is 2. The fourth-order valence-electron chi connectivity index (χ4n) is 3.38. The number of anilines is 1. The van der Waals surface area contributed by atoms with Gasteiger partial charge in [0.15, 0.2) is 5.17 Å². The number of fused-ring (bicyclic) bond motifs is 1. The first kappa shape index (κ1) is 18.5. The summed E-state index contributed by atoms with van der Waals surface area (Å²) in [5, 5.41) is 0.651. The van der Waals surface area contributed by atoms with Crippen molar-refractivity contribution in [2.24, 2.45) is 4.99 Å². The molecule has 0 aliphatic carbocycles. The molecule has 26 heavy (non-hydrogen) atoms. The van der Waals surface area contributed by atoms with Crippen LogP contribution in [0.2, 0.25) is 0 Å². The normalized spacial score (nSPS) is 19.4. The Morgan fingerprint density at radius 3 is 2.54 bits per heavy atom. The summed E-state index contributed by atoms with van der Waals surface area (Å²) in [6.07, 6.45) is 0. The molecule has 0 N–H and O–H groups in total. The third-order valence-corrected chi connectivity index (χ3v) is 5.66. The van der Waals surface area contributed by atoms with Gasteiger partial charge < -0.3 is 9.64 Å². The Hall–Kier alpha value is -2.28. The lowest BCUT2D eigenvalue weighted by molar-refractivity contribution is -0.137. The molecule has 138 valence electrons. The minimum Gasteiger partial charge on any atom is -0.466 e. The van der Waals surface area contributed by atoms with Crippen molar-refractivity contribution in [1.29, 1.82) is 0 Å². The van der Waals surface area contributed by atoms with Gasteiger partial charge >= 0.3 is 5.97 Å². The van der Waals surface area contributed by atoms with E-state index in [0.29, 0.717) is 22.2 Å². The van der Waals surface area contributed by atoms with Crippen molar-refractivity contribution >= 4 is 34.5 Å². The Balaban J connectivity index is 2.05. The van der Waals surface area contributed by atoms with Crippen molar-refractivity contribution in [3.63, 3.8) is 0 Å². The van der Waals surface area contributed by atoms with Crippen LogP contribution in [0.3, 0.4) is 0 Å². The maximum Gasteiger partial charge on any atom is 0.338 e. The number of amidine groups is 1. The molecule has 7 heteroatoms. The van der Waals surface area contributed by atoms with Crippen LogP contribution in [-0.2, 0) is 14.3 Å². The van der Waals surface area contributed by atoms with Crippen LogP contribution in [0.1, 0.15) is 32.4 Å². The van der Waals surface area contributed by atoms with Crippen molar-refractivity contribution in [2.45, 2.75) is 26.8 Å². The van der Waals surface area contributed by atoms with Gasteiger partial charge in [0.1, 0.15) is 0 Å². The molecule has 1 aromatic rings. The Labute approximate surface area is 157 Å². The maximum absolute atomic E-state index is 12.5. The second-order valence-electron chi connectivity index (χ2n) is 6.10. The first-order valence-corrected chi connectivity index (χ1v) is 9.67. The van der Waals surface area contributed by atoms with Gasteiger partial charge in [0.05, 0.1) is 30.2 Å². The second-order valence-corrected chi connectivity index (χ2v) is 7.05. The molecule has 3 rings (SSSR count). The number of esters is 1. The average molecular weight is 373 g/mol. The minimum atomic E-state index is -0.497. The van der Waals surface area contributed by atoms with Gasteiger partial charge in [-0.2, -0.15) is 0 Å². The Bertz CT molecular complexity index is 782. The van der Waals surface area contributed by atoms with Crippen molar-refractivity contribution in [3.05, 3.63) is 41.1 Å². The molecule has 0 aromatic heterocycles. The summed E-state index contributed by atoms with van der Waals surface area (Å²) < 4.78 is 4.97. The van der Waals surface area contributed by atoms with E-state index < -0.39 is 12.0 Å².